The van der Waals surface area contributed by atoms with E-state index in [2.05, 4.69) is 14.9 Å². The van der Waals surface area contributed by atoms with E-state index >= 15 is 0 Å². The van der Waals surface area contributed by atoms with E-state index in [1.165, 1.54) is 19.3 Å². The summed E-state index contributed by atoms with van der Waals surface area (Å²) < 4.78 is 41.8. The summed E-state index contributed by atoms with van der Waals surface area (Å²) >= 11 is 0. The van der Waals surface area contributed by atoms with E-state index in [9.17, 15) is 12.8 Å². The Bertz CT molecular complexity index is 741. The molecule has 0 saturated carbocycles. The molecule has 7 nitrogen and oxygen atoms in total. The second-order valence-electron chi connectivity index (χ2n) is 4.31. The lowest BCUT2D eigenvalue weighted by atomic mass is 10.2. The highest BCUT2D eigenvalue weighted by Crippen LogP contribution is 2.21. The third-order valence-electron chi connectivity index (χ3n) is 2.83. The Balaban J connectivity index is 2.29. The Morgan fingerprint density at radius 1 is 1.45 bits per heavy atom. The molecule has 20 heavy (non-hydrogen) atoms. The molecule has 0 bridgehead atoms. The smallest absolute Gasteiger partial charge is 0.241 e. The number of nitrogens with one attached hydrogen (secondary N) is 1. The van der Waals surface area contributed by atoms with Crippen molar-refractivity contribution in [2.24, 2.45) is 7.05 Å². The molecule has 9 heteroatoms. The van der Waals surface area contributed by atoms with Gasteiger partial charge in [0.15, 0.2) is 0 Å². The predicted octanol–water partition coefficient (Wildman–Crippen LogP) is 0.323. The largest absolute Gasteiger partial charge is 0.399 e. The Kier molecular flexibility index (Phi) is 3.73. The van der Waals surface area contributed by atoms with Crippen molar-refractivity contribution in [3.8, 4) is 0 Å². The van der Waals surface area contributed by atoms with Crippen LogP contribution in [0.3, 0.4) is 0 Å². The first-order valence-corrected chi connectivity index (χ1v) is 7.18. The average Bonchev–Trinajstić information content (AvgIpc) is 2.77. The first-order chi connectivity index (χ1) is 9.31. The van der Waals surface area contributed by atoms with Gasteiger partial charge in [-0.2, -0.15) is 0 Å². The number of hydrogen-bond donors (Lipinski definition) is 2. The molecule has 1 heterocycles. The minimum Gasteiger partial charge on any atom is -0.399 e. The number of rotatable bonds is 4. The fraction of sp³-hybridized carbons (Fsp3) is 0.273. The molecule has 0 spiro atoms. The number of nitrogen functional groups attached to an aromatic ring is 1. The fourth-order valence-electron chi connectivity index (χ4n) is 1.66. The molecule has 2 rings (SSSR count). The summed E-state index contributed by atoms with van der Waals surface area (Å²) in [6, 6.07) is 2.30. The molecule has 3 N–H and O–H groups in total. The first kappa shape index (κ1) is 14.4. The van der Waals surface area contributed by atoms with Gasteiger partial charge in [-0.1, -0.05) is 0 Å². The van der Waals surface area contributed by atoms with Gasteiger partial charge in [-0.05, 0) is 19.1 Å². The molecular weight excluding hydrogens is 285 g/mol. The van der Waals surface area contributed by atoms with Crippen molar-refractivity contribution < 1.29 is 12.8 Å². The Hall–Kier alpha value is -2.00. The predicted molar refractivity (Wildman–Crippen MR) is 70.6 cm³/mol. The van der Waals surface area contributed by atoms with E-state index in [-0.39, 0.29) is 22.7 Å². The van der Waals surface area contributed by atoms with Crippen molar-refractivity contribution in [1.82, 2.24) is 19.5 Å². The van der Waals surface area contributed by atoms with Gasteiger partial charge in [0.1, 0.15) is 18.0 Å². The molecular formula is C11H14FN5O2S. The summed E-state index contributed by atoms with van der Waals surface area (Å²) in [4.78, 5) is -0.183. The zero-order valence-electron chi connectivity index (χ0n) is 11.0. The highest BCUT2D eigenvalue weighted by atomic mass is 32.2. The molecule has 0 radical (unpaired) electrons. The second-order valence-corrected chi connectivity index (χ2v) is 6.04. The van der Waals surface area contributed by atoms with Crippen LogP contribution in [0.2, 0.25) is 0 Å². The van der Waals surface area contributed by atoms with Crippen molar-refractivity contribution in [3.63, 3.8) is 0 Å². The van der Waals surface area contributed by atoms with Crippen molar-refractivity contribution in [2.45, 2.75) is 18.4 Å². The summed E-state index contributed by atoms with van der Waals surface area (Å²) in [6.45, 7) is 1.33. The number of aryl methyl sites for hydroxylation is 1. The van der Waals surface area contributed by atoms with E-state index in [1.54, 1.807) is 11.6 Å². The maximum absolute atomic E-state index is 13.5. The van der Waals surface area contributed by atoms with Crippen LogP contribution in [0.15, 0.2) is 23.4 Å². The number of nitrogens with two attached hydrogens (primary N) is 1. The van der Waals surface area contributed by atoms with Crippen molar-refractivity contribution in [2.75, 3.05) is 5.73 Å². The van der Waals surface area contributed by atoms with Crippen LogP contribution >= 0.6 is 0 Å². The number of sulfonamides is 1. The molecule has 0 fully saturated rings. The summed E-state index contributed by atoms with van der Waals surface area (Å²) in [6.07, 6.45) is 1.45. The number of nitrogens with zero attached hydrogens (tertiary/aromatic N) is 3. The maximum atomic E-state index is 13.5. The molecule has 0 aliphatic heterocycles. The lowest BCUT2D eigenvalue weighted by Gasteiger charge is -2.10. The van der Waals surface area contributed by atoms with E-state index in [1.807, 2.05) is 0 Å². The minimum atomic E-state index is -3.88. The molecule has 0 amide bonds. The number of anilines is 1. The topological polar surface area (TPSA) is 103 Å². The number of hydrogen-bond acceptors (Lipinski definition) is 5. The van der Waals surface area contributed by atoms with Gasteiger partial charge in [0.05, 0.1) is 11.4 Å². The molecule has 1 aromatic carbocycles. The van der Waals surface area contributed by atoms with Crippen molar-refractivity contribution in [3.05, 3.63) is 35.7 Å². The van der Waals surface area contributed by atoms with Crippen molar-refractivity contribution >= 4 is 15.7 Å². The number of benzene rings is 1. The average molecular weight is 299 g/mol. The van der Waals surface area contributed by atoms with Crippen LogP contribution in [0.1, 0.15) is 11.4 Å². The standard InChI is InChI=1S/C11H14FN5O2S/c1-7-9(12)3-8(13)4-10(7)20(18,19)15-5-11-16-14-6-17(11)2/h3-4,6,15H,5,13H2,1-2H3. The van der Waals surface area contributed by atoms with Crippen molar-refractivity contribution in [1.29, 1.82) is 0 Å². The number of aromatic nitrogens is 3. The second kappa shape index (κ2) is 5.17. The maximum Gasteiger partial charge on any atom is 0.241 e. The monoisotopic (exact) mass is 299 g/mol. The zero-order chi connectivity index (χ0) is 14.9. The molecule has 2 aromatic rings. The minimum absolute atomic E-state index is 0.0182. The van der Waals surface area contributed by atoms with Crippen LogP contribution in [-0.4, -0.2) is 23.2 Å². The molecule has 1 aromatic heterocycles. The normalized spacial score (nSPS) is 11.8. The van der Waals surface area contributed by atoms with Crippen LogP contribution in [0.5, 0.6) is 0 Å². The van der Waals surface area contributed by atoms with Gasteiger partial charge in [0, 0.05) is 18.3 Å². The third-order valence-corrected chi connectivity index (χ3v) is 4.36. The quantitative estimate of drug-likeness (QED) is 0.792. The highest BCUT2D eigenvalue weighted by Gasteiger charge is 2.20. The van der Waals surface area contributed by atoms with Gasteiger partial charge >= 0.3 is 0 Å². The van der Waals surface area contributed by atoms with E-state index in [0.29, 0.717) is 5.82 Å². The Morgan fingerprint density at radius 2 is 2.15 bits per heavy atom. The summed E-state index contributed by atoms with van der Waals surface area (Å²) in [5.41, 5.74) is 5.55. The Labute approximate surface area is 115 Å². The fourth-order valence-corrected chi connectivity index (χ4v) is 2.92. The molecule has 0 unspecified atom stereocenters. The van der Waals surface area contributed by atoms with Gasteiger partial charge in [-0.3, -0.25) is 0 Å². The van der Waals surface area contributed by atoms with Gasteiger partial charge in [-0.15, -0.1) is 10.2 Å². The SMILES string of the molecule is Cc1c(F)cc(N)cc1S(=O)(=O)NCc1nncn1C. The lowest BCUT2D eigenvalue weighted by Crippen LogP contribution is -2.25. The van der Waals surface area contributed by atoms with Gasteiger partial charge in [0.2, 0.25) is 10.0 Å². The molecule has 108 valence electrons. The molecule has 0 aliphatic rings. The molecule has 0 aliphatic carbocycles. The lowest BCUT2D eigenvalue weighted by molar-refractivity contribution is 0.571. The summed E-state index contributed by atoms with van der Waals surface area (Å²) in [5.74, 6) is -0.223. The molecule has 0 atom stereocenters. The van der Waals surface area contributed by atoms with Gasteiger partial charge in [0.25, 0.3) is 0 Å². The van der Waals surface area contributed by atoms with Crippen LogP contribution in [0.4, 0.5) is 10.1 Å². The van der Waals surface area contributed by atoms with Crippen LogP contribution < -0.4 is 10.5 Å². The number of halogens is 1. The van der Waals surface area contributed by atoms with Gasteiger partial charge < -0.3 is 10.3 Å². The van der Waals surface area contributed by atoms with E-state index in [4.69, 9.17) is 5.73 Å². The van der Waals surface area contributed by atoms with Crippen LogP contribution in [0, 0.1) is 12.7 Å². The van der Waals surface area contributed by atoms with Crippen LogP contribution in [0.25, 0.3) is 0 Å². The zero-order valence-corrected chi connectivity index (χ0v) is 11.8. The van der Waals surface area contributed by atoms with E-state index in [0.717, 1.165) is 6.07 Å². The summed E-state index contributed by atoms with van der Waals surface area (Å²) in [7, 11) is -2.19. The first-order valence-electron chi connectivity index (χ1n) is 5.69. The Morgan fingerprint density at radius 3 is 2.75 bits per heavy atom. The summed E-state index contributed by atoms with van der Waals surface area (Å²) in [5, 5.41) is 7.40. The van der Waals surface area contributed by atoms with E-state index < -0.39 is 15.8 Å². The van der Waals surface area contributed by atoms with Crippen LogP contribution in [-0.2, 0) is 23.6 Å². The molecule has 0 saturated heterocycles. The van der Waals surface area contributed by atoms with Gasteiger partial charge in [-0.25, -0.2) is 17.5 Å². The highest BCUT2D eigenvalue weighted by molar-refractivity contribution is 7.89. The third kappa shape index (κ3) is 2.78.